The molecule has 0 saturated carbocycles. The standard InChI is InChI=1S/C8H10N2O6/c1-16-7(14)4-10(3-6(12)13)5(11)2-9-8(10)15/h2-4H2,1H3,(H-,9,12,13,15). The number of esters is 1. The second kappa shape index (κ2) is 4.27. The Balaban J connectivity index is 3.00. The molecule has 1 unspecified atom stereocenters. The number of quaternary nitrogens is 1. The lowest BCUT2D eigenvalue weighted by molar-refractivity contribution is -0.754. The Kier molecular flexibility index (Phi) is 3.23. The Labute approximate surface area is 90.4 Å². The van der Waals surface area contributed by atoms with Gasteiger partial charge in [0.15, 0.2) is 6.54 Å². The maximum Gasteiger partial charge on any atom is 0.425 e. The molecule has 0 bridgehead atoms. The van der Waals surface area contributed by atoms with E-state index in [1.807, 2.05) is 0 Å². The number of rotatable bonds is 4. The van der Waals surface area contributed by atoms with E-state index in [2.05, 4.69) is 10.1 Å². The molecule has 16 heavy (non-hydrogen) atoms. The zero-order valence-electron chi connectivity index (χ0n) is 8.52. The van der Waals surface area contributed by atoms with Crippen LogP contribution in [0.1, 0.15) is 0 Å². The minimum atomic E-state index is -1.59. The number of hydrogen-bond acceptors (Lipinski definition) is 6. The van der Waals surface area contributed by atoms with Gasteiger partial charge >= 0.3 is 17.9 Å². The highest BCUT2D eigenvalue weighted by atomic mass is 16.5. The van der Waals surface area contributed by atoms with Gasteiger partial charge in [-0.3, -0.25) is 5.32 Å². The van der Waals surface area contributed by atoms with Crippen LogP contribution in [0.3, 0.4) is 0 Å². The number of carboxylic acid groups (broad SMARTS) is 1. The van der Waals surface area contributed by atoms with Crippen LogP contribution in [0.5, 0.6) is 0 Å². The van der Waals surface area contributed by atoms with Crippen molar-refractivity contribution in [2.75, 3.05) is 26.7 Å². The number of carbonyl (C=O) groups is 4. The highest BCUT2D eigenvalue weighted by Gasteiger charge is 2.51. The Hall–Kier alpha value is -1.96. The summed E-state index contributed by atoms with van der Waals surface area (Å²) in [6.07, 6.45) is 0. The van der Waals surface area contributed by atoms with E-state index in [-0.39, 0.29) is 6.54 Å². The van der Waals surface area contributed by atoms with E-state index in [1.165, 1.54) is 0 Å². The summed E-state index contributed by atoms with van der Waals surface area (Å²) >= 11 is 0. The molecule has 1 aliphatic heterocycles. The number of urea groups is 1. The molecule has 1 fully saturated rings. The van der Waals surface area contributed by atoms with Gasteiger partial charge in [0.1, 0.15) is 13.1 Å². The van der Waals surface area contributed by atoms with Crippen LogP contribution in [0.2, 0.25) is 0 Å². The van der Waals surface area contributed by atoms with E-state index in [1.54, 1.807) is 0 Å². The van der Waals surface area contributed by atoms with Crippen molar-refractivity contribution < 1.29 is 33.5 Å². The Morgan fingerprint density at radius 2 is 2.06 bits per heavy atom. The van der Waals surface area contributed by atoms with Gasteiger partial charge in [-0.25, -0.2) is 14.4 Å². The molecule has 1 atom stereocenters. The van der Waals surface area contributed by atoms with Gasteiger partial charge in [-0.2, -0.15) is 4.48 Å². The van der Waals surface area contributed by atoms with E-state index in [0.717, 1.165) is 7.11 Å². The highest BCUT2D eigenvalue weighted by molar-refractivity contribution is 5.95. The van der Waals surface area contributed by atoms with Gasteiger partial charge in [-0.1, -0.05) is 0 Å². The molecule has 0 radical (unpaired) electrons. The van der Waals surface area contributed by atoms with Crippen LogP contribution < -0.4 is 10.4 Å². The molecule has 0 aliphatic carbocycles. The van der Waals surface area contributed by atoms with Crippen molar-refractivity contribution in [1.82, 2.24) is 5.32 Å². The fourth-order valence-electron chi connectivity index (χ4n) is 1.45. The minimum absolute atomic E-state index is 0.302. The third kappa shape index (κ3) is 2.01. The summed E-state index contributed by atoms with van der Waals surface area (Å²) in [5, 5.41) is 12.7. The number of carbonyl (C=O) groups excluding carboxylic acids is 4. The van der Waals surface area contributed by atoms with Gasteiger partial charge in [0.25, 0.3) is 0 Å². The second-order valence-corrected chi connectivity index (χ2v) is 3.28. The van der Waals surface area contributed by atoms with Crippen LogP contribution in [0, 0.1) is 0 Å². The Morgan fingerprint density at radius 3 is 2.44 bits per heavy atom. The van der Waals surface area contributed by atoms with E-state index in [0.29, 0.717) is 0 Å². The lowest BCUT2D eigenvalue weighted by Crippen LogP contribution is -2.60. The fraction of sp³-hybridized carbons (Fsp3) is 0.500. The van der Waals surface area contributed by atoms with Crippen molar-refractivity contribution >= 4 is 23.9 Å². The molecule has 88 valence electrons. The van der Waals surface area contributed by atoms with Crippen LogP contribution in [-0.2, 0) is 19.1 Å². The molecule has 3 amide bonds. The summed E-state index contributed by atoms with van der Waals surface area (Å²) in [7, 11) is 1.08. The van der Waals surface area contributed by atoms with Crippen LogP contribution in [0.15, 0.2) is 0 Å². The smallest absolute Gasteiger partial charge is 0.425 e. The van der Waals surface area contributed by atoms with Gasteiger partial charge in [0.2, 0.25) is 0 Å². The summed E-state index contributed by atoms with van der Waals surface area (Å²) in [6, 6.07) is -0.834. The van der Waals surface area contributed by atoms with Crippen LogP contribution in [0.4, 0.5) is 4.79 Å². The summed E-state index contributed by atoms with van der Waals surface area (Å²) < 4.78 is 3.19. The Morgan fingerprint density at radius 1 is 1.44 bits per heavy atom. The number of aliphatic carboxylic acids is 1. The molecule has 0 aromatic rings. The first kappa shape index (κ1) is 12.1. The SMILES string of the molecule is COC(=O)C[N+]1(CC(=O)[O-])C(=O)CNC1=O. The first-order valence-electron chi connectivity index (χ1n) is 4.38. The number of nitrogens with one attached hydrogen (secondary N) is 1. The number of amides is 3. The van der Waals surface area contributed by atoms with Crippen molar-refractivity contribution in [3.8, 4) is 0 Å². The first-order chi connectivity index (χ1) is 7.42. The van der Waals surface area contributed by atoms with E-state index < -0.39 is 41.4 Å². The average Bonchev–Trinajstić information content (AvgIpc) is 2.46. The molecule has 1 rings (SSSR count). The molecule has 0 aromatic heterocycles. The lowest BCUT2D eigenvalue weighted by Gasteiger charge is -2.25. The van der Waals surface area contributed by atoms with Gasteiger partial charge in [0.05, 0.1) is 13.1 Å². The first-order valence-corrected chi connectivity index (χ1v) is 4.38. The van der Waals surface area contributed by atoms with Crippen LogP contribution >= 0.6 is 0 Å². The van der Waals surface area contributed by atoms with Crippen molar-refractivity contribution in [2.45, 2.75) is 0 Å². The summed E-state index contributed by atoms with van der Waals surface area (Å²) in [5.41, 5.74) is 0. The maximum atomic E-state index is 11.5. The second-order valence-electron chi connectivity index (χ2n) is 3.28. The summed E-state index contributed by atoms with van der Waals surface area (Å²) in [4.78, 5) is 44.5. The molecule has 0 aromatic carbocycles. The quantitative estimate of drug-likeness (QED) is 0.312. The highest BCUT2D eigenvalue weighted by Crippen LogP contribution is 2.13. The Bertz CT molecular complexity index is 348. The topological polar surface area (TPSA) is 113 Å². The minimum Gasteiger partial charge on any atom is -0.544 e. The predicted molar refractivity (Wildman–Crippen MR) is 45.4 cm³/mol. The monoisotopic (exact) mass is 230 g/mol. The van der Waals surface area contributed by atoms with Crippen molar-refractivity contribution in [3.63, 3.8) is 0 Å². The van der Waals surface area contributed by atoms with Crippen molar-refractivity contribution in [3.05, 3.63) is 0 Å². The third-order valence-corrected chi connectivity index (χ3v) is 2.28. The number of nitrogens with zero attached hydrogens (tertiary/aromatic N) is 1. The molecular weight excluding hydrogens is 220 g/mol. The molecule has 1 aliphatic rings. The lowest BCUT2D eigenvalue weighted by atomic mass is 10.3. The third-order valence-electron chi connectivity index (χ3n) is 2.28. The molecule has 1 N–H and O–H groups in total. The van der Waals surface area contributed by atoms with Gasteiger partial charge < -0.3 is 14.6 Å². The van der Waals surface area contributed by atoms with Crippen molar-refractivity contribution in [1.29, 1.82) is 0 Å². The maximum absolute atomic E-state index is 11.5. The largest absolute Gasteiger partial charge is 0.544 e. The number of hydrogen-bond donors (Lipinski definition) is 1. The molecule has 0 spiro atoms. The molecular formula is C8H10N2O6. The van der Waals surface area contributed by atoms with Gasteiger partial charge in [-0.05, 0) is 0 Å². The van der Waals surface area contributed by atoms with Crippen LogP contribution in [-0.4, -0.2) is 55.1 Å². The summed E-state index contributed by atoms with van der Waals surface area (Å²) in [5.74, 6) is -3.12. The van der Waals surface area contributed by atoms with Crippen LogP contribution in [0.25, 0.3) is 0 Å². The molecule has 8 heteroatoms. The predicted octanol–water partition coefficient (Wildman–Crippen LogP) is -3.02. The van der Waals surface area contributed by atoms with E-state index >= 15 is 0 Å². The normalized spacial score (nSPS) is 24.1. The number of ether oxygens (including phenoxy) is 1. The number of imide groups is 1. The zero-order chi connectivity index (χ0) is 12.3. The molecule has 8 nitrogen and oxygen atoms in total. The fourth-order valence-corrected chi connectivity index (χ4v) is 1.45. The van der Waals surface area contributed by atoms with Gasteiger partial charge in [0, 0.05) is 0 Å². The molecule has 1 saturated heterocycles. The molecule has 1 heterocycles. The van der Waals surface area contributed by atoms with Crippen molar-refractivity contribution in [2.24, 2.45) is 0 Å². The average molecular weight is 230 g/mol. The number of carboxylic acids is 1. The van der Waals surface area contributed by atoms with Gasteiger partial charge in [-0.15, -0.1) is 0 Å². The summed E-state index contributed by atoms with van der Waals surface area (Å²) in [6.45, 7) is -1.82. The zero-order valence-corrected chi connectivity index (χ0v) is 8.52. The van der Waals surface area contributed by atoms with E-state index in [9.17, 15) is 24.3 Å². The van der Waals surface area contributed by atoms with E-state index in [4.69, 9.17) is 0 Å². The number of methoxy groups -OCH3 is 1.